The largest absolute Gasteiger partial charge is 0.481 e. The summed E-state index contributed by atoms with van der Waals surface area (Å²) in [6.45, 7) is 1.96. The van der Waals surface area contributed by atoms with Crippen molar-refractivity contribution >= 4 is 5.97 Å². The fraction of sp³-hybridized carbons (Fsp3) is 0.875. The Morgan fingerprint density at radius 3 is 2.40 bits per heavy atom. The van der Waals surface area contributed by atoms with E-state index in [1.54, 1.807) is 0 Å². The van der Waals surface area contributed by atoms with Gasteiger partial charge in [-0.05, 0) is 25.2 Å². The van der Waals surface area contributed by atoms with Gasteiger partial charge in [-0.15, -0.1) is 0 Å². The summed E-state index contributed by atoms with van der Waals surface area (Å²) in [5, 5.41) is 8.71. The number of carbonyl (C=O) groups is 1. The van der Waals surface area contributed by atoms with E-state index in [0.29, 0.717) is 5.92 Å². The minimum atomic E-state index is -0.604. The number of carboxylic acids is 1. The Balaban J connectivity index is 2.39. The molecule has 0 heterocycles. The van der Waals surface area contributed by atoms with Gasteiger partial charge in [0.15, 0.2) is 0 Å². The zero-order chi connectivity index (χ0) is 7.56. The standard InChI is InChI=1S/C8H14O2/c1-2-7(8(9)10)6-4-3-5-6/h6-7H,2-5H2,1H3,(H,9,10)/t7-/m1/s1. The highest BCUT2D eigenvalue weighted by molar-refractivity contribution is 5.70. The molecule has 0 aromatic heterocycles. The Kier molecular flexibility index (Phi) is 2.30. The zero-order valence-corrected chi connectivity index (χ0v) is 6.34. The maximum absolute atomic E-state index is 10.6. The van der Waals surface area contributed by atoms with Crippen LogP contribution in [0.1, 0.15) is 32.6 Å². The van der Waals surface area contributed by atoms with E-state index >= 15 is 0 Å². The molecule has 0 aliphatic heterocycles. The summed E-state index contributed by atoms with van der Waals surface area (Å²) in [5.41, 5.74) is 0. The molecule has 1 saturated carbocycles. The first kappa shape index (κ1) is 7.58. The highest BCUT2D eigenvalue weighted by atomic mass is 16.4. The van der Waals surface area contributed by atoms with E-state index in [1.165, 1.54) is 6.42 Å². The van der Waals surface area contributed by atoms with Crippen molar-refractivity contribution in [1.29, 1.82) is 0 Å². The first-order valence-corrected chi connectivity index (χ1v) is 3.98. The molecule has 1 aliphatic rings. The summed E-state index contributed by atoms with van der Waals surface area (Å²) in [5.74, 6) is -0.177. The van der Waals surface area contributed by atoms with Crippen LogP contribution in [0.25, 0.3) is 0 Å². The third-order valence-corrected chi connectivity index (χ3v) is 2.48. The van der Waals surface area contributed by atoms with Gasteiger partial charge in [0.25, 0.3) is 0 Å². The van der Waals surface area contributed by atoms with Crippen LogP contribution in [0, 0.1) is 11.8 Å². The Bertz CT molecular complexity index is 127. The molecule has 2 heteroatoms. The van der Waals surface area contributed by atoms with Gasteiger partial charge in [0, 0.05) is 0 Å². The molecule has 0 amide bonds. The van der Waals surface area contributed by atoms with Gasteiger partial charge in [-0.25, -0.2) is 0 Å². The Morgan fingerprint density at radius 1 is 1.70 bits per heavy atom. The van der Waals surface area contributed by atoms with Crippen molar-refractivity contribution in [1.82, 2.24) is 0 Å². The average molecular weight is 142 g/mol. The molecular formula is C8H14O2. The molecule has 1 N–H and O–H groups in total. The number of hydrogen-bond donors (Lipinski definition) is 1. The molecule has 0 saturated heterocycles. The van der Waals surface area contributed by atoms with Crippen molar-refractivity contribution in [2.45, 2.75) is 32.6 Å². The van der Waals surface area contributed by atoms with Gasteiger partial charge in [0.05, 0.1) is 5.92 Å². The quantitative estimate of drug-likeness (QED) is 0.653. The van der Waals surface area contributed by atoms with Crippen LogP contribution in [0.5, 0.6) is 0 Å². The van der Waals surface area contributed by atoms with Crippen molar-refractivity contribution < 1.29 is 9.90 Å². The van der Waals surface area contributed by atoms with Crippen molar-refractivity contribution in [3.05, 3.63) is 0 Å². The van der Waals surface area contributed by atoms with Crippen LogP contribution in [0.3, 0.4) is 0 Å². The Hall–Kier alpha value is -0.530. The number of rotatable bonds is 3. The van der Waals surface area contributed by atoms with E-state index in [2.05, 4.69) is 0 Å². The van der Waals surface area contributed by atoms with Gasteiger partial charge < -0.3 is 5.11 Å². The predicted octanol–water partition coefficient (Wildman–Crippen LogP) is 1.90. The number of hydrogen-bond acceptors (Lipinski definition) is 1. The SMILES string of the molecule is CC[C@@H](C(=O)O)C1CCC1. The van der Waals surface area contributed by atoms with Crippen LogP contribution >= 0.6 is 0 Å². The lowest BCUT2D eigenvalue weighted by Crippen LogP contribution is -2.27. The molecule has 1 atom stereocenters. The van der Waals surface area contributed by atoms with Crippen molar-refractivity contribution in [2.24, 2.45) is 11.8 Å². The maximum atomic E-state index is 10.6. The maximum Gasteiger partial charge on any atom is 0.306 e. The normalized spacial score (nSPS) is 21.7. The summed E-state index contributed by atoms with van der Waals surface area (Å²) in [4.78, 5) is 10.6. The highest BCUT2D eigenvalue weighted by Crippen LogP contribution is 2.34. The topological polar surface area (TPSA) is 37.3 Å². The van der Waals surface area contributed by atoms with E-state index in [1.807, 2.05) is 6.92 Å². The third-order valence-electron chi connectivity index (χ3n) is 2.48. The molecule has 0 bridgehead atoms. The van der Waals surface area contributed by atoms with Crippen LogP contribution in [0.2, 0.25) is 0 Å². The molecule has 0 aromatic carbocycles. The summed E-state index contributed by atoms with van der Waals surface area (Å²) in [6.07, 6.45) is 4.28. The van der Waals surface area contributed by atoms with E-state index < -0.39 is 5.97 Å². The minimum absolute atomic E-state index is 0.0613. The van der Waals surface area contributed by atoms with Crippen LogP contribution in [-0.2, 0) is 4.79 Å². The molecule has 0 spiro atoms. The zero-order valence-electron chi connectivity index (χ0n) is 6.34. The van der Waals surface area contributed by atoms with Crippen LogP contribution < -0.4 is 0 Å². The second kappa shape index (κ2) is 3.04. The molecule has 2 nitrogen and oxygen atoms in total. The smallest absolute Gasteiger partial charge is 0.306 e. The van der Waals surface area contributed by atoms with Gasteiger partial charge >= 0.3 is 5.97 Å². The molecule has 10 heavy (non-hydrogen) atoms. The monoisotopic (exact) mass is 142 g/mol. The van der Waals surface area contributed by atoms with E-state index in [-0.39, 0.29) is 5.92 Å². The summed E-state index contributed by atoms with van der Waals surface area (Å²) >= 11 is 0. The molecule has 1 aliphatic carbocycles. The fourth-order valence-electron chi connectivity index (χ4n) is 1.55. The lowest BCUT2D eigenvalue weighted by molar-refractivity contribution is -0.145. The first-order chi connectivity index (χ1) is 4.75. The fourth-order valence-corrected chi connectivity index (χ4v) is 1.55. The Labute approximate surface area is 61.2 Å². The molecule has 0 unspecified atom stereocenters. The number of aliphatic carboxylic acids is 1. The van der Waals surface area contributed by atoms with Crippen LogP contribution in [0.15, 0.2) is 0 Å². The predicted molar refractivity (Wildman–Crippen MR) is 38.8 cm³/mol. The van der Waals surface area contributed by atoms with Gasteiger partial charge in [-0.1, -0.05) is 13.3 Å². The second-order valence-electron chi connectivity index (χ2n) is 3.04. The molecular weight excluding hydrogens is 128 g/mol. The van der Waals surface area contributed by atoms with Crippen molar-refractivity contribution in [3.8, 4) is 0 Å². The van der Waals surface area contributed by atoms with Gasteiger partial charge in [0.2, 0.25) is 0 Å². The molecule has 58 valence electrons. The molecule has 0 aromatic rings. The highest BCUT2D eigenvalue weighted by Gasteiger charge is 2.30. The van der Waals surface area contributed by atoms with Gasteiger partial charge in [0.1, 0.15) is 0 Å². The van der Waals surface area contributed by atoms with Gasteiger partial charge in [-0.3, -0.25) is 4.79 Å². The van der Waals surface area contributed by atoms with Crippen LogP contribution in [-0.4, -0.2) is 11.1 Å². The van der Waals surface area contributed by atoms with Crippen molar-refractivity contribution in [2.75, 3.05) is 0 Å². The van der Waals surface area contributed by atoms with E-state index in [0.717, 1.165) is 19.3 Å². The summed E-state index contributed by atoms with van der Waals surface area (Å²) in [6, 6.07) is 0. The summed E-state index contributed by atoms with van der Waals surface area (Å²) < 4.78 is 0. The van der Waals surface area contributed by atoms with Gasteiger partial charge in [-0.2, -0.15) is 0 Å². The first-order valence-electron chi connectivity index (χ1n) is 3.98. The lowest BCUT2D eigenvalue weighted by atomic mass is 9.75. The lowest BCUT2D eigenvalue weighted by Gasteiger charge is -2.30. The average Bonchev–Trinajstić information content (AvgIpc) is 1.76. The van der Waals surface area contributed by atoms with E-state index in [4.69, 9.17) is 5.11 Å². The molecule has 1 fully saturated rings. The second-order valence-corrected chi connectivity index (χ2v) is 3.04. The summed E-state index contributed by atoms with van der Waals surface area (Å²) in [7, 11) is 0. The van der Waals surface area contributed by atoms with E-state index in [9.17, 15) is 4.79 Å². The molecule has 0 radical (unpaired) electrons. The molecule has 1 rings (SSSR count). The Morgan fingerprint density at radius 2 is 2.30 bits per heavy atom. The minimum Gasteiger partial charge on any atom is -0.481 e. The third kappa shape index (κ3) is 1.31. The number of carboxylic acid groups (broad SMARTS) is 1. The van der Waals surface area contributed by atoms with Crippen LogP contribution in [0.4, 0.5) is 0 Å². The van der Waals surface area contributed by atoms with Crippen molar-refractivity contribution in [3.63, 3.8) is 0 Å².